The number of fused-ring (bicyclic) bond motifs is 3. The van der Waals surface area contributed by atoms with Gasteiger partial charge in [0.15, 0.2) is 11.5 Å². The zero-order valence-electron chi connectivity index (χ0n) is 16.6. The number of nitro benzene ring substituents is 1. The van der Waals surface area contributed by atoms with Gasteiger partial charge in [-0.15, -0.1) is 5.10 Å². The first-order valence-electron chi connectivity index (χ1n) is 9.66. The first-order valence-corrected chi connectivity index (χ1v) is 9.66. The summed E-state index contributed by atoms with van der Waals surface area (Å²) in [4.78, 5) is 19.7. The van der Waals surface area contributed by atoms with Crippen molar-refractivity contribution in [2.24, 2.45) is 0 Å². The molecular weight excluding hydrogens is 394 g/mol. The molecule has 0 aliphatic carbocycles. The number of hydrogen-bond acceptors (Lipinski definition) is 6. The molecule has 0 saturated heterocycles. The number of hydrogen-bond donors (Lipinski definition) is 0. The molecule has 0 aliphatic heterocycles. The molecule has 8 nitrogen and oxygen atoms in total. The monoisotopic (exact) mass is 411 g/mol. The van der Waals surface area contributed by atoms with Crippen LogP contribution in [0.4, 0.5) is 5.69 Å². The summed E-state index contributed by atoms with van der Waals surface area (Å²) in [5.74, 6) is 1.18. The van der Waals surface area contributed by atoms with Crippen LogP contribution < -0.4 is 4.74 Å². The molecule has 0 aliphatic rings. The van der Waals surface area contributed by atoms with Crippen molar-refractivity contribution in [1.29, 1.82) is 0 Å². The molecule has 0 atom stereocenters. The fraction of sp³-hybridized carbons (Fsp3) is 0.0870. The lowest BCUT2D eigenvalue weighted by Gasteiger charge is -2.08. The minimum atomic E-state index is -0.400. The lowest BCUT2D eigenvalue weighted by atomic mass is 10.1. The average molecular weight is 411 g/mol. The third kappa shape index (κ3) is 3.55. The summed E-state index contributed by atoms with van der Waals surface area (Å²) < 4.78 is 7.52. The van der Waals surface area contributed by atoms with Gasteiger partial charge >= 0.3 is 0 Å². The summed E-state index contributed by atoms with van der Waals surface area (Å²) >= 11 is 0. The van der Waals surface area contributed by atoms with Crippen molar-refractivity contribution in [3.05, 3.63) is 94.3 Å². The van der Waals surface area contributed by atoms with Crippen molar-refractivity contribution in [1.82, 2.24) is 19.6 Å². The average Bonchev–Trinajstić information content (AvgIpc) is 3.23. The molecule has 5 rings (SSSR count). The van der Waals surface area contributed by atoms with Gasteiger partial charge in [-0.1, -0.05) is 30.3 Å². The molecule has 5 aromatic rings. The van der Waals surface area contributed by atoms with E-state index in [2.05, 4.69) is 10.1 Å². The van der Waals surface area contributed by atoms with Gasteiger partial charge in [0.25, 0.3) is 5.69 Å². The second-order valence-electron chi connectivity index (χ2n) is 7.16. The summed E-state index contributed by atoms with van der Waals surface area (Å²) in [6.45, 7) is 2.02. The number of nitro groups is 1. The summed E-state index contributed by atoms with van der Waals surface area (Å²) in [5.41, 5.74) is 4.07. The highest BCUT2D eigenvalue weighted by molar-refractivity contribution is 5.91. The molecule has 2 heterocycles. The van der Waals surface area contributed by atoms with Gasteiger partial charge in [0, 0.05) is 22.6 Å². The smallest absolute Gasteiger partial charge is 0.272 e. The Morgan fingerprint density at radius 1 is 1.06 bits per heavy atom. The van der Waals surface area contributed by atoms with Crippen molar-refractivity contribution in [3.8, 4) is 17.1 Å². The van der Waals surface area contributed by atoms with Gasteiger partial charge < -0.3 is 4.74 Å². The maximum Gasteiger partial charge on any atom is 0.272 e. The van der Waals surface area contributed by atoms with E-state index in [-0.39, 0.29) is 5.69 Å². The van der Waals surface area contributed by atoms with E-state index in [1.807, 2.05) is 48.5 Å². The summed E-state index contributed by atoms with van der Waals surface area (Å²) in [6, 6.07) is 20.4. The fourth-order valence-electron chi connectivity index (χ4n) is 3.49. The van der Waals surface area contributed by atoms with Crippen LogP contribution in [0, 0.1) is 17.0 Å². The number of para-hydroxylation sites is 1. The highest BCUT2D eigenvalue weighted by Gasteiger charge is 2.12. The van der Waals surface area contributed by atoms with E-state index >= 15 is 0 Å². The Labute approximate surface area is 176 Å². The lowest BCUT2D eigenvalue weighted by molar-refractivity contribution is -0.385. The zero-order chi connectivity index (χ0) is 21.4. The number of nitrogens with zero attached hydrogens (tertiary/aromatic N) is 5. The molecule has 0 fully saturated rings. The molecule has 0 unspecified atom stereocenters. The molecule has 3 aromatic carbocycles. The maximum atomic E-state index is 11.0. The Morgan fingerprint density at radius 3 is 2.77 bits per heavy atom. The molecule has 0 amide bonds. The number of rotatable bonds is 5. The molecule has 0 spiro atoms. The maximum absolute atomic E-state index is 11.0. The topological polar surface area (TPSA) is 95.5 Å². The van der Waals surface area contributed by atoms with Crippen molar-refractivity contribution in [3.63, 3.8) is 0 Å². The zero-order valence-corrected chi connectivity index (χ0v) is 16.6. The van der Waals surface area contributed by atoms with Gasteiger partial charge in [-0.05, 0) is 42.8 Å². The molecule has 0 saturated carbocycles. The van der Waals surface area contributed by atoms with Crippen LogP contribution in [0.15, 0.2) is 73.1 Å². The van der Waals surface area contributed by atoms with Gasteiger partial charge in [-0.25, -0.2) is 14.5 Å². The molecule has 31 heavy (non-hydrogen) atoms. The predicted octanol–water partition coefficient (Wildman–Crippen LogP) is 4.74. The van der Waals surface area contributed by atoms with E-state index in [0.29, 0.717) is 23.7 Å². The van der Waals surface area contributed by atoms with Crippen LogP contribution in [0.5, 0.6) is 5.75 Å². The van der Waals surface area contributed by atoms with Gasteiger partial charge in [0.05, 0.1) is 10.4 Å². The molecular formula is C23H17N5O3. The van der Waals surface area contributed by atoms with Crippen LogP contribution in [0.3, 0.4) is 0 Å². The van der Waals surface area contributed by atoms with E-state index in [0.717, 1.165) is 27.7 Å². The third-order valence-electron chi connectivity index (χ3n) is 5.04. The first kappa shape index (κ1) is 18.7. The Bertz CT molecular complexity index is 1440. The van der Waals surface area contributed by atoms with Gasteiger partial charge in [0.2, 0.25) is 0 Å². The molecule has 0 N–H and O–H groups in total. The van der Waals surface area contributed by atoms with Crippen LogP contribution in [-0.2, 0) is 6.61 Å². The van der Waals surface area contributed by atoms with Crippen LogP contribution in [0.1, 0.15) is 11.1 Å². The van der Waals surface area contributed by atoms with Crippen LogP contribution in [-0.4, -0.2) is 24.5 Å². The second-order valence-corrected chi connectivity index (χ2v) is 7.16. The van der Waals surface area contributed by atoms with Crippen LogP contribution >= 0.6 is 0 Å². The Balaban J connectivity index is 1.41. The molecule has 8 heteroatoms. The quantitative estimate of drug-likeness (QED) is 0.306. The normalized spacial score (nSPS) is 11.1. The van der Waals surface area contributed by atoms with Gasteiger partial charge in [0.1, 0.15) is 18.7 Å². The fourth-order valence-corrected chi connectivity index (χ4v) is 3.49. The Hall–Kier alpha value is -4.33. The first-order chi connectivity index (χ1) is 15.1. The van der Waals surface area contributed by atoms with Gasteiger partial charge in [-0.3, -0.25) is 10.1 Å². The van der Waals surface area contributed by atoms with E-state index in [4.69, 9.17) is 9.72 Å². The predicted molar refractivity (Wildman–Crippen MR) is 116 cm³/mol. The standard InChI is InChI=1S/C23H17N5O3/c1-15-11-18(9-10-21(15)28(29)30)31-13-16-5-4-6-17(12-16)22-25-23-19-7-2-3-8-20(19)24-14-27(23)26-22/h2-12,14H,13H2,1H3. The number of benzene rings is 3. The SMILES string of the molecule is Cc1cc(OCc2cccc(-c3nc4c5ccccc5ncn4n3)c2)ccc1[N+](=O)[O-]. The van der Waals surface area contributed by atoms with E-state index < -0.39 is 4.92 Å². The van der Waals surface area contributed by atoms with Crippen molar-refractivity contribution >= 4 is 22.2 Å². The van der Waals surface area contributed by atoms with E-state index in [1.54, 1.807) is 29.9 Å². The van der Waals surface area contributed by atoms with Crippen LogP contribution in [0.2, 0.25) is 0 Å². The largest absolute Gasteiger partial charge is 0.489 e. The van der Waals surface area contributed by atoms with Crippen LogP contribution in [0.25, 0.3) is 27.9 Å². The number of aryl methyl sites for hydroxylation is 1. The summed E-state index contributed by atoms with van der Waals surface area (Å²) in [5, 5.41) is 16.5. The summed E-state index contributed by atoms with van der Waals surface area (Å²) in [7, 11) is 0. The van der Waals surface area contributed by atoms with E-state index in [9.17, 15) is 10.1 Å². The summed E-state index contributed by atoms with van der Waals surface area (Å²) in [6.07, 6.45) is 1.66. The minimum Gasteiger partial charge on any atom is -0.489 e. The second kappa shape index (κ2) is 7.49. The van der Waals surface area contributed by atoms with Crippen molar-refractivity contribution in [2.45, 2.75) is 13.5 Å². The molecule has 152 valence electrons. The lowest BCUT2D eigenvalue weighted by Crippen LogP contribution is -1.98. The Kier molecular flexibility index (Phi) is 4.51. The highest BCUT2D eigenvalue weighted by Crippen LogP contribution is 2.25. The number of ether oxygens (including phenoxy) is 1. The van der Waals surface area contributed by atoms with Gasteiger partial charge in [-0.2, -0.15) is 0 Å². The van der Waals surface area contributed by atoms with Crippen molar-refractivity contribution < 1.29 is 9.66 Å². The van der Waals surface area contributed by atoms with E-state index in [1.165, 1.54) is 6.07 Å². The molecule has 0 radical (unpaired) electrons. The third-order valence-corrected chi connectivity index (χ3v) is 5.04. The minimum absolute atomic E-state index is 0.0780. The van der Waals surface area contributed by atoms with Crippen molar-refractivity contribution in [2.75, 3.05) is 0 Å². The molecule has 0 bridgehead atoms. The molecule has 2 aromatic heterocycles. The highest BCUT2D eigenvalue weighted by atomic mass is 16.6. The Morgan fingerprint density at radius 2 is 1.94 bits per heavy atom. The number of aromatic nitrogens is 4.